The maximum Gasteiger partial charge on any atom is 0.297 e. The van der Waals surface area contributed by atoms with Crippen LogP contribution in [-0.4, -0.2) is 20.0 Å². The van der Waals surface area contributed by atoms with E-state index in [1.807, 2.05) is 24.3 Å². The van der Waals surface area contributed by atoms with Gasteiger partial charge in [-0.1, -0.05) is 39.3 Å². The molecule has 0 bridgehead atoms. The fourth-order valence-electron chi connectivity index (χ4n) is 1.61. The second kappa shape index (κ2) is 4.58. The normalized spacial score (nSPS) is 10.9. The Hall–Kier alpha value is -1.60. The molecule has 1 aromatic carbocycles. The Bertz CT molecular complexity index is 767. The third-order valence-corrected chi connectivity index (χ3v) is 3.99. The Morgan fingerprint density at radius 2 is 2.17 bits per heavy atom. The highest BCUT2D eigenvalue weighted by Gasteiger charge is 2.09. The minimum Gasteiger partial charge on any atom is -0.265 e. The lowest BCUT2D eigenvalue weighted by Gasteiger charge is -2.05. The van der Waals surface area contributed by atoms with Crippen molar-refractivity contribution >= 4 is 37.6 Å². The molecule has 5 nitrogen and oxygen atoms in total. The summed E-state index contributed by atoms with van der Waals surface area (Å²) in [7, 11) is 0. The summed E-state index contributed by atoms with van der Waals surface area (Å²) in [5, 5.41) is 7.90. The Balaban J connectivity index is 2.08. The number of hydrogen-bond acceptors (Lipinski definition) is 5. The molecule has 2 heterocycles. The van der Waals surface area contributed by atoms with Crippen molar-refractivity contribution in [2.45, 2.75) is 6.54 Å². The molecule has 0 fully saturated rings. The van der Waals surface area contributed by atoms with E-state index in [0.29, 0.717) is 16.9 Å². The van der Waals surface area contributed by atoms with Crippen LogP contribution in [0.2, 0.25) is 0 Å². The Morgan fingerprint density at radius 1 is 1.33 bits per heavy atom. The van der Waals surface area contributed by atoms with Gasteiger partial charge in [-0.05, 0) is 11.6 Å². The highest BCUT2D eigenvalue weighted by Crippen LogP contribution is 2.16. The van der Waals surface area contributed by atoms with E-state index in [1.54, 1.807) is 5.51 Å². The first-order chi connectivity index (χ1) is 8.75. The van der Waals surface area contributed by atoms with Gasteiger partial charge < -0.3 is 0 Å². The molecule has 90 valence electrons. The summed E-state index contributed by atoms with van der Waals surface area (Å²) >= 11 is 4.76. The van der Waals surface area contributed by atoms with Crippen LogP contribution in [0.1, 0.15) is 5.56 Å². The molecule has 0 spiro atoms. The first-order valence-electron chi connectivity index (χ1n) is 5.16. The molecule has 0 radical (unpaired) electrons. The van der Waals surface area contributed by atoms with Gasteiger partial charge in [0.15, 0.2) is 10.3 Å². The Kier molecular flexibility index (Phi) is 2.92. The molecule has 0 amide bonds. The number of rotatable bonds is 2. The highest BCUT2D eigenvalue weighted by atomic mass is 79.9. The number of aromatic nitrogens is 4. The Morgan fingerprint density at radius 3 is 3.00 bits per heavy atom. The first kappa shape index (κ1) is 11.5. The number of hydrogen-bond donors (Lipinski definition) is 0. The van der Waals surface area contributed by atoms with Gasteiger partial charge in [-0.15, -0.1) is 16.4 Å². The number of halogens is 1. The molecule has 0 aliphatic heterocycles. The van der Waals surface area contributed by atoms with Crippen molar-refractivity contribution < 1.29 is 0 Å². The van der Waals surface area contributed by atoms with Gasteiger partial charge in [0.2, 0.25) is 0 Å². The minimum atomic E-state index is -0.211. The summed E-state index contributed by atoms with van der Waals surface area (Å²) in [6.07, 6.45) is 0. The SMILES string of the molecule is O=c1c2ncsc2nnn1Cc1ccccc1Br. The number of nitrogens with zero attached hydrogens (tertiary/aromatic N) is 4. The molecular weight excluding hydrogens is 316 g/mol. The molecule has 3 aromatic rings. The zero-order chi connectivity index (χ0) is 12.5. The standard InChI is InChI=1S/C11H7BrN4OS/c12-8-4-2-1-3-7(8)5-16-11(17)9-10(14-15-16)18-6-13-9/h1-4,6H,5H2. The van der Waals surface area contributed by atoms with Gasteiger partial charge in [-0.2, -0.15) is 0 Å². The van der Waals surface area contributed by atoms with Gasteiger partial charge in [0, 0.05) is 4.47 Å². The van der Waals surface area contributed by atoms with Crippen LogP contribution in [0.3, 0.4) is 0 Å². The topological polar surface area (TPSA) is 60.7 Å². The van der Waals surface area contributed by atoms with Crippen LogP contribution in [0.15, 0.2) is 39.0 Å². The fraction of sp³-hybridized carbons (Fsp3) is 0.0909. The zero-order valence-corrected chi connectivity index (χ0v) is 11.5. The van der Waals surface area contributed by atoms with Crippen LogP contribution in [0.4, 0.5) is 0 Å². The largest absolute Gasteiger partial charge is 0.297 e. The van der Waals surface area contributed by atoms with E-state index >= 15 is 0 Å². The summed E-state index contributed by atoms with van der Waals surface area (Å²) in [5.74, 6) is 0. The van der Waals surface area contributed by atoms with Crippen molar-refractivity contribution in [3.8, 4) is 0 Å². The number of thiazole rings is 1. The predicted molar refractivity (Wildman–Crippen MR) is 72.7 cm³/mol. The quantitative estimate of drug-likeness (QED) is 0.724. The average Bonchev–Trinajstić information content (AvgIpc) is 2.84. The molecule has 18 heavy (non-hydrogen) atoms. The van der Waals surface area contributed by atoms with Crippen molar-refractivity contribution in [1.82, 2.24) is 20.0 Å². The maximum absolute atomic E-state index is 12.1. The molecule has 0 N–H and O–H groups in total. The van der Waals surface area contributed by atoms with Gasteiger partial charge >= 0.3 is 0 Å². The van der Waals surface area contributed by atoms with E-state index in [-0.39, 0.29) is 5.56 Å². The van der Waals surface area contributed by atoms with Crippen LogP contribution in [0.25, 0.3) is 10.3 Å². The second-order valence-corrected chi connectivity index (χ2v) is 5.34. The first-order valence-corrected chi connectivity index (χ1v) is 6.83. The molecule has 2 aromatic heterocycles. The third kappa shape index (κ3) is 1.95. The number of fused-ring (bicyclic) bond motifs is 1. The summed E-state index contributed by atoms with van der Waals surface area (Å²) < 4.78 is 2.26. The molecule has 0 saturated heterocycles. The van der Waals surface area contributed by atoms with Crippen LogP contribution < -0.4 is 5.56 Å². The van der Waals surface area contributed by atoms with Gasteiger partial charge in [-0.25, -0.2) is 9.67 Å². The van der Waals surface area contributed by atoms with E-state index in [9.17, 15) is 4.79 Å². The lowest BCUT2D eigenvalue weighted by atomic mass is 10.2. The van der Waals surface area contributed by atoms with E-state index in [2.05, 4.69) is 31.2 Å². The third-order valence-electron chi connectivity index (χ3n) is 2.51. The van der Waals surface area contributed by atoms with Crippen molar-refractivity contribution in [3.63, 3.8) is 0 Å². The van der Waals surface area contributed by atoms with Crippen molar-refractivity contribution in [2.24, 2.45) is 0 Å². The van der Waals surface area contributed by atoms with Crippen LogP contribution >= 0.6 is 27.3 Å². The predicted octanol–water partition coefficient (Wildman–Crippen LogP) is 2.06. The van der Waals surface area contributed by atoms with E-state index in [1.165, 1.54) is 16.0 Å². The maximum atomic E-state index is 12.1. The van der Waals surface area contributed by atoms with E-state index < -0.39 is 0 Å². The second-order valence-electron chi connectivity index (χ2n) is 3.65. The van der Waals surface area contributed by atoms with E-state index in [4.69, 9.17) is 0 Å². The molecule has 0 atom stereocenters. The molecule has 7 heteroatoms. The lowest BCUT2D eigenvalue weighted by molar-refractivity contribution is 0.599. The molecule has 3 rings (SSSR count). The summed E-state index contributed by atoms with van der Waals surface area (Å²) in [5.41, 5.74) is 2.74. The number of benzene rings is 1. The van der Waals surface area contributed by atoms with Crippen molar-refractivity contribution in [3.05, 3.63) is 50.2 Å². The molecular formula is C11H7BrN4OS. The summed E-state index contributed by atoms with van der Waals surface area (Å²) in [6.45, 7) is 0.376. The summed E-state index contributed by atoms with van der Waals surface area (Å²) in [6, 6.07) is 7.70. The average molecular weight is 323 g/mol. The van der Waals surface area contributed by atoms with Gasteiger partial charge in [0.25, 0.3) is 5.56 Å². The van der Waals surface area contributed by atoms with Crippen LogP contribution in [-0.2, 0) is 6.54 Å². The van der Waals surface area contributed by atoms with Gasteiger partial charge in [0.05, 0.1) is 12.1 Å². The van der Waals surface area contributed by atoms with Crippen molar-refractivity contribution in [2.75, 3.05) is 0 Å². The highest BCUT2D eigenvalue weighted by molar-refractivity contribution is 9.10. The molecule has 0 unspecified atom stereocenters. The van der Waals surface area contributed by atoms with Gasteiger partial charge in [0.1, 0.15) is 0 Å². The van der Waals surface area contributed by atoms with Crippen LogP contribution in [0, 0.1) is 0 Å². The molecule has 0 aliphatic rings. The van der Waals surface area contributed by atoms with Gasteiger partial charge in [-0.3, -0.25) is 4.79 Å². The van der Waals surface area contributed by atoms with Crippen molar-refractivity contribution in [1.29, 1.82) is 0 Å². The molecule has 0 aliphatic carbocycles. The minimum absolute atomic E-state index is 0.211. The monoisotopic (exact) mass is 322 g/mol. The smallest absolute Gasteiger partial charge is 0.265 e. The molecule has 0 saturated carbocycles. The zero-order valence-electron chi connectivity index (χ0n) is 9.08. The fourth-order valence-corrected chi connectivity index (χ4v) is 2.61. The van der Waals surface area contributed by atoms with Crippen LogP contribution in [0.5, 0.6) is 0 Å². The summed E-state index contributed by atoms with van der Waals surface area (Å²) in [4.78, 5) is 16.7. The van der Waals surface area contributed by atoms with E-state index in [0.717, 1.165) is 10.0 Å². The lowest BCUT2D eigenvalue weighted by Crippen LogP contribution is -2.24. The Labute approximate surface area is 114 Å².